The Kier molecular flexibility index (Phi) is 6.74. The molecule has 3 rings (SSSR count). The molecule has 4 N–H and O–H groups in total. The summed E-state index contributed by atoms with van der Waals surface area (Å²) in [5.41, 5.74) is 3.49. The highest BCUT2D eigenvalue weighted by Crippen LogP contribution is 2.35. The van der Waals surface area contributed by atoms with Crippen LogP contribution < -0.4 is 10.1 Å². The number of aromatic hydroxyl groups is 2. The van der Waals surface area contributed by atoms with Gasteiger partial charge in [-0.1, -0.05) is 12.1 Å². The summed E-state index contributed by atoms with van der Waals surface area (Å²) in [6.07, 6.45) is -3.35. The molecular formula is C19H20F3NO5. The molecule has 0 radical (unpaired) electrons. The maximum absolute atomic E-state index is 10.6. The molecular weight excluding hydrogens is 379 g/mol. The van der Waals surface area contributed by atoms with Gasteiger partial charge in [-0.25, -0.2) is 4.79 Å². The maximum atomic E-state index is 10.6. The highest BCUT2D eigenvalue weighted by Gasteiger charge is 2.38. The summed E-state index contributed by atoms with van der Waals surface area (Å²) in [6, 6.07) is 11.2. The van der Waals surface area contributed by atoms with Crippen LogP contribution in [0.25, 0.3) is 0 Å². The summed E-state index contributed by atoms with van der Waals surface area (Å²) in [5, 5.41) is 29.9. The van der Waals surface area contributed by atoms with Gasteiger partial charge in [-0.3, -0.25) is 0 Å². The number of carbonyl (C=O) groups is 1. The lowest BCUT2D eigenvalue weighted by Crippen LogP contribution is -2.31. The molecule has 0 fully saturated rings. The lowest BCUT2D eigenvalue weighted by molar-refractivity contribution is -0.192. The zero-order valence-electron chi connectivity index (χ0n) is 15.0. The van der Waals surface area contributed by atoms with Crippen molar-refractivity contribution in [3.05, 3.63) is 53.1 Å². The van der Waals surface area contributed by atoms with Crippen molar-refractivity contribution in [3.8, 4) is 17.2 Å². The molecule has 0 aliphatic carbocycles. The quantitative estimate of drug-likeness (QED) is 0.633. The van der Waals surface area contributed by atoms with E-state index in [9.17, 15) is 23.4 Å². The molecule has 0 amide bonds. The van der Waals surface area contributed by atoms with Crippen molar-refractivity contribution in [2.24, 2.45) is 0 Å². The van der Waals surface area contributed by atoms with Crippen LogP contribution >= 0.6 is 0 Å². The Morgan fingerprint density at radius 1 is 1.21 bits per heavy atom. The molecule has 28 heavy (non-hydrogen) atoms. The summed E-state index contributed by atoms with van der Waals surface area (Å²) in [5.74, 6) is -1.77. The van der Waals surface area contributed by atoms with E-state index in [1.165, 1.54) is 5.56 Å². The van der Waals surface area contributed by atoms with E-state index in [0.717, 1.165) is 30.5 Å². The first-order valence-corrected chi connectivity index (χ1v) is 8.33. The lowest BCUT2D eigenvalue weighted by atomic mass is 9.90. The number of ether oxygens (including phenoxy) is 1. The zero-order chi connectivity index (χ0) is 20.9. The van der Waals surface area contributed by atoms with Crippen LogP contribution in [0.3, 0.4) is 0 Å². The molecule has 1 unspecified atom stereocenters. The van der Waals surface area contributed by atoms with Crippen molar-refractivity contribution < 1.29 is 38.0 Å². The van der Waals surface area contributed by atoms with Crippen LogP contribution in [0.5, 0.6) is 17.2 Å². The van der Waals surface area contributed by atoms with Crippen LogP contribution in [0.15, 0.2) is 36.4 Å². The second kappa shape index (κ2) is 8.83. The van der Waals surface area contributed by atoms with E-state index in [4.69, 9.17) is 14.6 Å². The Morgan fingerprint density at radius 2 is 1.82 bits per heavy atom. The van der Waals surface area contributed by atoms with Gasteiger partial charge < -0.3 is 25.4 Å². The third-order valence-electron chi connectivity index (χ3n) is 4.22. The molecule has 152 valence electrons. The van der Waals surface area contributed by atoms with Crippen LogP contribution in [-0.4, -0.2) is 41.1 Å². The summed E-state index contributed by atoms with van der Waals surface area (Å²) in [7, 11) is 1.56. The van der Waals surface area contributed by atoms with Gasteiger partial charge in [0.1, 0.15) is 5.75 Å². The van der Waals surface area contributed by atoms with Gasteiger partial charge in [-0.15, -0.1) is 0 Å². The predicted octanol–water partition coefficient (Wildman–Crippen LogP) is 3.17. The average molecular weight is 399 g/mol. The molecule has 9 heteroatoms. The fourth-order valence-corrected chi connectivity index (χ4v) is 2.87. The predicted molar refractivity (Wildman–Crippen MR) is 94.6 cm³/mol. The van der Waals surface area contributed by atoms with Gasteiger partial charge in [0.25, 0.3) is 0 Å². The first-order valence-electron chi connectivity index (χ1n) is 8.33. The van der Waals surface area contributed by atoms with E-state index in [2.05, 4.69) is 5.32 Å². The fraction of sp³-hybridized carbons (Fsp3) is 0.316. The molecule has 0 saturated carbocycles. The molecule has 0 saturated heterocycles. The largest absolute Gasteiger partial charge is 0.508 e. The van der Waals surface area contributed by atoms with Crippen molar-refractivity contribution in [1.29, 1.82) is 0 Å². The number of benzene rings is 2. The molecule has 0 aromatic heterocycles. The number of aliphatic carboxylic acids is 1. The number of carboxylic acids is 1. The van der Waals surface area contributed by atoms with Crippen LogP contribution in [0, 0.1) is 0 Å². The zero-order valence-corrected chi connectivity index (χ0v) is 15.0. The minimum absolute atomic E-state index is 0.188. The van der Waals surface area contributed by atoms with E-state index < -0.39 is 12.1 Å². The number of carboxylic acid groups (broad SMARTS) is 1. The third-order valence-corrected chi connectivity index (χ3v) is 4.22. The second-order valence-corrected chi connectivity index (χ2v) is 6.15. The SMILES string of the molecule is COc1cc2c(cc1O)CCNC2Cc1ccc(O)cc1.O=C(O)C(F)(F)F. The third kappa shape index (κ3) is 5.53. The van der Waals surface area contributed by atoms with Gasteiger partial charge in [0, 0.05) is 6.04 Å². The van der Waals surface area contributed by atoms with Crippen molar-refractivity contribution in [2.75, 3.05) is 13.7 Å². The highest BCUT2D eigenvalue weighted by atomic mass is 19.4. The van der Waals surface area contributed by atoms with Gasteiger partial charge in [0.05, 0.1) is 7.11 Å². The Balaban J connectivity index is 0.000000345. The average Bonchev–Trinajstić information content (AvgIpc) is 2.63. The van der Waals surface area contributed by atoms with Gasteiger partial charge >= 0.3 is 12.1 Å². The number of rotatable bonds is 3. The van der Waals surface area contributed by atoms with E-state index in [0.29, 0.717) is 5.75 Å². The summed E-state index contributed by atoms with van der Waals surface area (Å²) in [4.78, 5) is 8.90. The summed E-state index contributed by atoms with van der Waals surface area (Å²) in [6.45, 7) is 0.890. The Bertz CT molecular complexity index is 822. The van der Waals surface area contributed by atoms with Crippen molar-refractivity contribution in [1.82, 2.24) is 5.32 Å². The van der Waals surface area contributed by atoms with Crippen LogP contribution in [0.2, 0.25) is 0 Å². The molecule has 6 nitrogen and oxygen atoms in total. The molecule has 0 spiro atoms. The first-order chi connectivity index (χ1) is 13.1. The van der Waals surface area contributed by atoms with Crippen molar-refractivity contribution in [2.45, 2.75) is 25.1 Å². The number of hydrogen-bond acceptors (Lipinski definition) is 5. The van der Waals surface area contributed by atoms with Crippen molar-refractivity contribution in [3.63, 3.8) is 0 Å². The van der Waals surface area contributed by atoms with Crippen molar-refractivity contribution >= 4 is 5.97 Å². The first kappa shape index (κ1) is 21.4. The minimum atomic E-state index is -5.08. The van der Waals surface area contributed by atoms with Gasteiger partial charge in [0.2, 0.25) is 0 Å². The van der Waals surface area contributed by atoms with Crippen LogP contribution in [-0.2, 0) is 17.6 Å². The second-order valence-electron chi connectivity index (χ2n) is 6.15. The Morgan fingerprint density at radius 3 is 2.36 bits per heavy atom. The monoisotopic (exact) mass is 399 g/mol. The standard InChI is InChI=1S/C17H19NO3.C2HF3O2/c1-21-17-10-14-12(9-16(17)20)6-7-18-15(14)8-11-2-4-13(19)5-3-11;3-2(4,5)1(6)7/h2-5,9-10,15,18-20H,6-8H2,1H3;(H,6,7). The number of methoxy groups -OCH3 is 1. The van der Waals surface area contributed by atoms with Gasteiger partial charge in [0.15, 0.2) is 11.5 Å². The number of nitrogens with one attached hydrogen (secondary N) is 1. The smallest absolute Gasteiger partial charge is 0.490 e. The number of alkyl halides is 3. The molecule has 1 atom stereocenters. The van der Waals surface area contributed by atoms with Crippen LogP contribution in [0.4, 0.5) is 13.2 Å². The summed E-state index contributed by atoms with van der Waals surface area (Å²) >= 11 is 0. The molecule has 1 heterocycles. The number of halogens is 3. The molecule has 1 aliphatic heterocycles. The van der Waals surface area contributed by atoms with E-state index in [1.807, 2.05) is 18.2 Å². The normalized spacial score (nSPS) is 15.8. The number of hydrogen-bond donors (Lipinski definition) is 4. The molecule has 0 bridgehead atoms. The summed E-state index contributed by atoms with van der Waals surface area (Å²) < 4.78 is 37.0. The number of fused-ring (bicyclic) bond motifs is 1. The topological polar surface area (TPSA) is 99.0 Å². The maximum Gasteiger partial charge on any atom is 0.490 e. The Labute approximate surface area is 159 Å². The van der Waals surface area contributed by atoms with E-state index >= 15 is 0 Å². The number of phenolic OH excluding ortho intramolecular Hbond substituents is 2. The molecule has 2 aromatic rings. The lowest BCUT2D eigenvalue weighted by Gasteiger charge is -2.28. The molecule has 1 aliphatic rings. The number of phenols is 2. The van der Waals surface area contributed by atoms with Gasteiger partial charge in [-0.2, -0.15) is 13.2 Å². The minimum Gasteiger partial charge on any atom is -0.508 e. The molecule has 2 aromatic carbocycles. The fourth-order valence-electron chi connectivity index (χ4n) is 2.87. The Hall–Kier alpha value is -2.94. The van der Waals surface area contributed by atoms with E-state index in [1.54, 1.807) is 25.3 Å². The highest BCUT2D eigenvalue weighted by molar-refractivity contribution is 5.73. The van der Waals surface area contributed by atoms with Crippen LogP contribution in [0.1, 0.15) is 22.7 Å². The van der Waals surface area contributed by atoms with Gasteiger partial charge in [-0.05, 0) is 60.3 Å². The van der Waals surface area contributed by atoms with E-state index in [-0.39, 0.29) is 17.5 Å².